The van der Waals surface area contributed by atoms with E-state index >= 15 is 0 Å². The van der Waals surface area contributed by atoms with Gasteiger partial charge in [0.25, 0.3) is 5.56 Å². The maximum absolute atomic E-state index is 13.0. The Morgan fingerprint density at radius 2 is 1.77 bits per heavy atom. The molecular weight excluding hydrogens is 392 g/mol. The van der Waals surface area contributed by atoms with Gasteiger partial charge in [-0.25, -0.2) is 4.79 Å². The zero-order chi connectivity index (χ0) is 22.0. The first kappa shape index (κ1) is 20.4. The van der Waals surface area contributed by atoms with E-state index in [0.717, 1.165) is 10.1 Å². The van der Waals surface area contributed by atoms with Gasteiger partial charge in [-0.3, -0.25) is 19.1 Å². The van der Waals surface area contributed by atoms with Gasteiger partial charge < -0.3 is 4.57 Å². The standard InChI is InChI=1S/C24H22N4O3/c1-16(2)17-8-10-18(11-9-17)21(29)15-27-13-5-7-20-22(27)26-24(31)28(23(20)30)14-19-6-3-4-12-25-19/h3-13,16H,14-15H2,1-2H3. The third-order valence-corrected chi connectivity index (χ3v) is 5.21. The van der Waals surface area contributed by atoms with Crippen molar-refractivity contribution in [1.29, 1.82) is 0 Å². The minimum Gasteiger partial charge on any atom is -0.324 e. The van der Waals surface area contributed by atoms with E-state index in [1.807, 2.05) is 12.1 Å². The van der Waals surface area contributed by atoms with E-state index in [-0.39, 0.29) is 30.3 Å². The molecule has 1 aromatic heterocycles. The molecule has 0 N–H and O–H groups in total. The molecule has 7 heteroatoms. The first-order valence-corrected chi connectivity index (χ1v) is 10.1. The smallest absolute Gasteiger partial charge is 0.324 e. The molecule has 0 spiro atoms. The van der Waals surface area contributed by atoms with Crippen molar-refractivity contribution < 1.29 is 4.79 Å². The number of rotatable bonds is 6. The second kappa shape index (κ2) is 8.47. The lowest BCUT2D eigenvalue weighted by atomic mass is 10.0. The number of nitrogens with zero attached hydrogens (tertiary/aromatic N) is 4. The maximum Gasteiger partial charge on any atom is 0.352 e. The highest BCUT2D eigenvalue weighted by Crippen LogP contribution is 2.17. The lowest BCUT2D eigenvalue weighted by molar-refractivity contribution is 0.0972. The number of carbonyl (C=O) groups excluding carboxylic acids is 1. The number of aromatic nitrogens is 4. The Balaban J connectivity index is 1.67. The van der Waals surface area contributed by atoms with Crippen LogP contribution in [0, 0.1) is 0 Å². The van der Waals surface area contributed by atoms with Crippen molar-refractivity contribution in [3.05, 3.63) is 105 Å². The van der Waals surface area contributed by atoms with Crippen LogP contribution in [0.25, 0.3) is 11.4 Å². The number of carbonyl (C=O) groups is 1. The quantitative estimate of drug-likeness (QED) is 0.453. The zero-order valence-corrected chi connectivity index (χ0v) is 17.4. The molecule has 0 aliphatic carbocycles. The van der Waals surface area contributed by atoms with Gasteiger partial charge in [0, 0.05) is 18.0 Å². The van der Waals surface area contributed by atoms with E-state index in [0.29, 0.717) is 17.2 Å². The van der Waals surface area contributed by atoms with E-state index in [2.05, 4.69) is 23.8 Å². The van der Waals surface area contributed by atoms with Crippen molar-refractivity contribution in [3.8, 4) is 11.4 Å². The molecule has 0 amide bonds. The minimum absolute atomic E-state index is 0.0193. The summed E-state index contributed by atoms with van der Waals surface area (Å²) >= 11 is 0. The Bertz CT molecular complexity index is 1310. The lowest BCUT2D eigenvalue weighted by Gasteiger charge is -2.15. The molecule has 0 atom stereocenters. The second-order valence-electron chi connectivity index (χ2n) is 7.68. The van der Waals surface area contributed by atoms with Gasteiger partial charge in [0.2, 0.25) is 0 Å². The second-order valence-corrected chi connectivity index (χ2v) is 7.68. The summed E-state index contributed by atoms with van der Waals surface area (Å²) in [6.45, 7) is 4.21. The number of fused-ring (bicyclic) bond motifs is 1. The fourth-order valence-electron chi connectivity index (χ4n) is 3.44. The number of hydrogen-bond donors (Lipinski definition) is 0. The normalized spacial score (nSPS) is 11.2. The average molecular weight is 414 g/mol. The van der Waals surface area contributed by atoms with Crippen LogP contribution in [-0.2, 0) is 13.1 Å². The molecule has 0 unspecified atom stereocenters. The summed E-state index contributed by atoms with van der Waals surface area (Å²) in [6.07, 6.45) is 3.25. The number of benzene rings is 1. The molecule has 4 rings (SSSR count). The monoisotopic (exact) mass is 414 g/mol. The Kier molecular flexibility index (Phi) is 5.58. The van der Waals surface area contributed by atoms with E-state index < -0.39 is 11.2 Å². The lowest BCUT2D eigenvalue weighted by Crippen LogP contribution is -2.38. The van der Waals surface area contributed by atoms with Crippen LogP contribution in [0.15, 0.2) is 76.6 Å². The molecule has 1 aromatic carbocycles. The molecule has 0 bridgehead atoms. The van der Waals surface area contributed by atoms with Gasteiger partial charge in [-0.1, -0.05) is 44.2 Å². The maximum atomic E-state index is 13.0. The predicted octanol–water partition coefficient (Wildman–Crippen LogP) is 2.96. The van der Waals surface area contributed by atoms with Crippen molar-refractivity contribution in [3.63, 3.8) is 0 Å². The van der Waals surface area contributed by atoms with E-state index in [9.17, 15) is 14.4 Å². The van der Waals surface area contributed by atoms with Crippen LogP contribution in [0.3, 0.4) is 0 Å². The van der Waals surface area contributed by atoms with Crippen molar-refractivity contribution in [2.45, 2.75) is 32.9 Å². The number of hydrogen-bond acceptors (Lipinski definition) is 5. The first-order chi connectivity index (χ1) is 14.9. The topological polar surface area (TPSA) is 86.9 Å². The van der Waals surface area contributed by atoms with Gasteiger partial charge in [0.15, 0.2) is 11.6 Å². The molecule has 31 heavy (non-hydrogen) atoms. The van der Waals surface area contributed by atoms with Crippen LogP contribution >= 0.6 is 0 Å². The van der Waals surface area contributed by atoms with Crippen molar-refractivity contribution >= 4 is 5.78 Å². The summed E-state index contributed by atoms with van der Waals surface area (Å²) < 4.78 is 2.60. The van der Waals surface area contributed by atoms with E-state index in [1.165, 1.54) is 0 Å². The van der Waals surface area contributed by atoms with Gasteiger partial charge >= 0.3 is 5.69 Å². The molecule has 156 valence electrons. The molecule has 0 radical (unpaired) electrons. The minimum atomic E-state index is -0.670. The number of Topliss-reactive ketones (excluding diaryl/α,β-unsaturated/α-hetero) is 1. The Morgan fingerprint density at radius 3 is 2.45 bits per heavy atom. The van der Waals surface area contributed by atoms with Gasteiger partial charge in [0.05, 0.1) is 24.3 Å². The third kappa shape index (κ3) is 4.21. The SMILES string of the molecule is CC(C)c1ccc(C(=O)Cn2cccc3c(=O)n(Cc4ccccn4)c(=O)nc2-3)cc1. The van der Waals surface area contributed by atoms with Gasteiger partial charge in [0.1, 0.15) is 0 Å². The molecule has 2 aliphatic rings. The van der Waals surface area contributed by atoms with Crippen molar-refractivity contribution in [2.75, 3.05) is 0 Å². The summed E-state index contributed by atoms with van der Waals surface area (Å²) in [7, 11) is 0. The van der Waals surface area contributed by atoms with Crippen molar-refractivity contribution in [2.24, 2.45) is 0 Å². The fourth-order valence-corrected chi connectivity index (χ4v) is 3.44. The van der Waals surface area contributed by atoms with E-state index in [1.54, 1.807) is 59.4 Å². The zero-order valence-electron chi connectivity index (χ0n) is 17.4. The summed E-state index contributed by atoms with van der Waals surface area (Å²) in [6, 6.07) is 16.1. The molecule has 3 heterocycles. The summed E-state index contributed by atoms with van der Waals surface area (Å²) in [5, 5.41) is 0. The van der Waals surface area contributed by atoms with Gasteiger partial charge in [-0.15, -0.1) is 0 Å². The average Bonchev–Trinajstić information content (AvgIpc) is 2.78. The van der Waals surface area contributed by atoms with Gasteiger partial charge in [-0.2, -0.15) is 4.98 Å². The number of ketones is 1. The van der Waals surface area contributed by atoms with Gasteiger partial charge in [-0.05, 0) is 35.7 Å². The van der Waals surface area contributed by atoms with Crippen LogP contribution in [0.5, 0.6) is 0 Å². The highest BCUT2D eigenvalue weighted by molar-refractivity contribution is 5.96. The Morgan fingerprint density at radius 1 is 1.00 bits per heavy atom. The largest absolute Gasteiger partial charge is 0.352 e. The Hall–Kier alpha value is -3.87. The first-order valence-electron chi connectivity index (χ1n) is 10.1. The molecule has 0 saturated carbocycles. The highest BCUT2D eigenvalue weighted by Gasteiger charge is 2.19. The van der Waals surface area contributed by atoms with Crippen LogP contribution in [0.1, 0.15) is 41.4 Å². The van der Waals surface area contributed by atoms with Crippen LogP contribution in [0.2, 0.25) is 0 Å². The molecule has 7 nitrogen and oxygen atoms in total. The third-order valence-electron chi connectivity index (χ3n) is 5.21. The summed E-state index contributed by atoms with van der Waals surface area (Å²) in [5.74, 6) is 0.450. The van der Waals surface area contributed by atoms with E-state index in [4.69, 9.17) is 0 Å². The van der Waals surface area contributed by atoms with Crippen LogP contribution in [-0.4, -0.2) is 24.9 Å². The summed E-state index contributed by atoms with van der Waals surface area (Å²) in [5.41, 5.74) is 1.47. The fraction of sp³-hybridized carbons (Fsp3) is 0.208. The molecule has 0 saturated heterocycles. The molecule has 2 aromatic rings. The van der Waals surface area contributed by atoms with Crippen LogP contribution < -0.4 is 11.2 Å². The highest BCUT2D eigenvalue weighted by atomic mass is 16.2. The molecular formula is C24H22N4O3. The predicted molar refractivity (Wildman–Crippen MR) is 118 cm³/mol. The Labute approximate surface area is 179 Å². The summed E-state index contributed by atoms with van der Waals surface area (Å²) in [4.78, 5) is 46.6. The number of pyridine rings is 2. The van der Waals surface area contributed by atoms with Crippen LogP contribution in [0.4, 0.5) is 0 Å². The molecule has 2 aliphatic heterocycles. The van der Waals surface area contributed by atoms with Crippen molar-refractivity contribution in [1.82, 2.24) is 19.1 Å². The molecule has 0 fully saturated rings.